The maximum atomic E-state index is 8.76. The van der Waals surface area contributed by atoms with E-state index in [9.17, 15) is 0 Å². The Balaban J connectivity index is 3.22. The third-order valence-electron chi connectivity index (χ3n) is 2.31. The Morgan fingerprint density at radius 3 is 2.15 bits per heavy atom. The first kappa shape index (κ1) is 9.60. The predicted octanol–water partition coefficient (Wildman–Crippen LogP) is 2.51. The molecule has 0 fully saturated rings. The van der Waals surface area contributed by atoms with Crippen LogP contribution in [0.1, 0.15) is 29.5 Å². The van der Waals surface area contributed by atoms with E-state index in [-0.39, 0.29) is 5.92 Å². The summed E-state index contributed by atoms with van der Waals surface area (Å²) < 4.78 is 0. The fraction of sp³-hybridized carbons (Fsp3) is 0.364. The van der Waals surface area contributed by atoms with Crippen LogP contribution in [0.4, 0.5) is 5.69 Å². The number of hydrogen-bond acceptors (Lipinski definition) is 2. The van der Waals surface area contributed by atoms with Crippen LogP contribution in [0.15, 0.2) is 12.1 Å². The number of nitrogens with two attached hydrogens (primary N) is 1. The minimum Gasteiger partial charge on any atom is -0.398 e. The molecule has 1 aromatic rings. The highest BCUT2D eigenvalue weighted by molar-refractivity contribution is 5.55. The highest BCUT2D eigenvalue weighted by Crippen LogP contribution is 2.23. The zero-order valence-corrected chi connectivity index (χ0v) is 8.26. The van der Waals surface area contributed by atoms with E-state index in [1.54, 1.807) is 0 Å². The molecule has 0 amide bonds. The molecule has 2 N–H and O–H groups in total. The Morgan fingerprint density at radius 2 is 1.77 bits per heavy atom. The fourth-order valence-electron chi connectivity index (χ4n) is 1.33. The van der Waals surface area contributed by atoms with Crippen molar-refractivity contribution in [3.05, 3.63) is 28.8 Å². The standard InChI is InChI=1S/C11H14N2/c1-7-4-10(9(3)6-12)5-8(2)11(7)13/h4-5,9H,13H2,1-3H3. The molecule has 1 atom stereocenters. The van der Waals surface area contributed by atoms with Gasteiger partial charge in [0, 0.05) is 5.69 Å². The molecule has 2 heteroatoms. The molecule has 1 unspecified atom stereocenters. The number of rotatable bonds is 1. The second-order valence-corrected chi connectivity index (χ2v) is 3.42. The van der Waals surface area contributed by atoms with Gasteiger partial charge in [-0.15, -0.1) is 0 Å². The summed E-state index contributed by atoms with van der Waals surface area (Å²) in [5.41, 5.74) is 9.79. The van der Waals surface area contributed by atoms with Gasteiger partial charge in [0.1, 0.15) is 0 Å². The molecular weight excluding hydrogens is 160 g/mol. The second-order valence-electron chi connectivity index (χ2n) is 3.42. The van der Waals surface area contributed by atoms with Crippen molar-refractivity contribution < 1.29 is 0 Å². The maximum Gasteiger partial charge on any atom is 0.0700 e. The number of anilines is 1. The summed E-state index contributed by atoms with van der Waals surface area (Å²) in [5, 5.41) is 8.76. The first-order valence-electron chi connectivity index (χ1n) is 4.32. The molecule has 0 bridgehead atoms. The Kier molecular flexibility index (Phi) is 2.57. The number of nitrogens with zero attached hydrogens (tertiary/aromatic N) is 1. The van der Waals surface area contributed by atoms with Crippen LogP contribution in [0.25, 0.3) is 0 Å². The van der Waals surface area contributed by atoms with E-state index in [4.69, 9.17) is 11.0 Å². The molecule has 0 aliphatic carbocycles. The summed E-state index contributed by atoms with van der Waals surface area (Å²) in [6.07, 6.45) is 0. The molecule has 13 heavy (non-hydrogen) atoms. The first-order valence-corrected chi connectivity index (χ1v) is 4.32. The highest BCUT2D eigenvalue weighted by atomic mass is 14.6. The molecule has 1 rings (SSSR count). The van der Waals surface area contributed by atoms with Crippen molar-refractivity contribution in [1.82, 2.24) is 0 Å². The molecule has 0 radical (unpaired) electrons. The maximum absolute atomic E-state index is 8.76. The summed E-state index contributed by atoms with van der Waals surface area (Å²) in [6.45, 7) is 5.83. The minimum absolute atomic E-state index is 0.0574. The molecule has 0 aliphatic heterocycles. The summed E-state index contributed by atoms with van der Waals surface area (Å²) >= 11 is 0. The van der Waals surface area contributed by atoms with Crippen molar-refractivity contribution in [3.8, 4) is 6.07 Å². The lowest BCUT2D eigenvalue weighted by atomic mass is 9.97. The van der Waals surface area contributed by atoms with Crippen LogP contribution in [-0.2, 0) is 0 Å². The van der Waals surface area contributed by atoms with Crippen LogP contribution in [0.2, 0.25) is 0 Å². The molecule has 0 heterocycles. The minimum atomic E-state index is -0.0574. The van der Waals surface area contributed by atoms with E-state index in [1.165, 1.54) is 0 Å². The fourth-order valence-corrected chi connectivity index (χ4v) is 1.33. The van der Waals surface area contributed by atoms with Gasteiger partial charge in [-0.2, -0.15) is 5.26 Å². The van der Waals surface area contributed by atoms with E-state index < -0.39 is 0 Å². The number of benzene rings is 1. The Bertz CT molecular complexity index is 338. The Labute approximate surface area is 79.0 Å². The summed E-state index contributed by atoms with van der Waals surface area (Å²) in [5.74, 6) is -0.0574. The van der Waals surface area contributed by atoms with Crippen molar-refractivity contribution in [2.75, 3.05) is 5.73 Å². The van der Waals surface area contributed by atoms with Gasteiger partial charge < -0.3 is 5.73 Å². The van der Waals surface area contributed by atoms with Crippen LogP contribution < -0.4 is 5.73 Å². The summed E-state index contributed by atoms with van der Waals surface area (Å²) in [4.78, 5) is 0. The van der Waals surface area contributed by atoms with Gasteiger partial charge in [0.15, 0.2) is 0 Å². The van der Waals surface area contributed by atoms with Crippen molar-refractivity contribution in [3.63, 3.8) is 0 Å². The molecule has 0 spiro atoms. The molecule has 2 nitrogen and oxygen atoms in total. The number of nitrogen functional groups attached to an aromatic ring is 1. The van der Waals surface area contributed by atoms with Crippen LogP contribution in [-0.4, -0.2) is 0 Å². The van der Waals surface area contributed by atoms with E-state index in [0.29, 0.717) is 0 Å². The van der Waals surface area contributed by atoms with Crippen molar-refractivity contribution >= 4 is 5.69 Å². The van der Waals surface area contributed by atoms with Gasteiger partial charge >= 0.3 is 0 Å². The Morgan fingerprint density at radius 1 is 1.31 bits per heavy atom. The van der Waals surface area contributed by atoms with Gasteiger partial charge in [0.25, 0.3) is 0 Å². The van der Waals surface area contributed by atoms with Gasteiger partial charge in [0.05, 0.1) is 12.0 Å². The topological polar surface area (TPSA) is 49.8 Å². The number of nitriles is 1. The lowest BCUT2D eigenvalue weighted by molar-refractivity contribution is 0.976. The highest BCUT2D eigenvalue weighted by Gasteiger charge is 2.07. The zero-order chi connectivity index (χ0) is 10.0. The molecule has 0 aromatic heterocycles. The predicted molar refractivity (Wildman–Crippen MR) is 54.4 cm³/mol. The number of aryl methyl sites for hydroxylation is 2. The average Bonchev–Trinajstić information content (AvgIpc) is 2.12. The van der Waals surface area contributed by atoms with Gasteiger partial charge in [0.2, 0.25) is 0 Å². The normalized spacial score (nSPS) is 12.2. The Hall–Kier alpha value is -1.49. The van der Waals surface area contributed by atoms with Crippen molar-refractivity contribution in [1.29, 1.82) is 5.26 Å². The molecule has 1 aromatic carbocycles. The summed E-state index contributed by atoms with van der Waals surface area (Å²) in [7, 11) is 0. The summed E-state index contributed by atoms with van der Waals surface area (Å²) in [6, 6.07) is 6.18. The lowest BCUT2D eigenvalue weighted by Gasteiger charge is -2.09. The number of hydrogen-bond donors (Lipinski definition) is 1. The van der Waals surface area contributed by atoms with Crippen molar-refractivity contribution in [2.24, 2.45) is 0 Å². The smallest absolute Gasteiger partial charge is 0.0700 e. The van der Waals surface area contributed by atoms with Gasteiger partial charge in [-0.1, -0.05) is 12.1 Å². The van der Waals surface area contributed by atoms with Crippen LogP contribution >= 0.6 is 0 Å². The average molecular weight is 174 g/mol. The second kappa shape index (κ2) is 3.49. The molecule has 0 saturated heterocycles. The lowest BCUT2D eigenvalue weighted by Crippen LogP contribution is -1.98. The molecular formula is C11H14N2. The van der Waals surface area contributed by atoms with E-state index in [2.05, 4.69) is 6.07 Å². The third-order valence-corrected chi connectivity index (χ3v) is 2.31. The van der Waals surface area contributed by atoms with Gasteiger partial charge in [-0.3, -0.25) is 0 Å². The monoisotopic (exact) mass is 174 g/mol. The first-order chi connectivity index (χ1) is 6.06. The van der Waals surface area contributed by atoms with E-state index in [1.807, 2.05) is 32.9 Å². The molecule has 68 valence electrons. The van der Waals surface area contributed by atoms with E-state index >= 15 is 0 Å². The zero-order valence-electron chi connectivity index (χ0n) is 8.26. The molecule has 0 aliphatic rings. The largest absolute Gasteiger partial charge is 0.398 e. The van der Waals surface area contributed by atoms with Crippen LogP contribution in [0, 0.1) is 25.2 Å². The van der Waals surface area contributed by atoms with Gasteiger partial charge in [-0.05, 0) is 37.5 Å². The van der Waals surface area contributed by atoms with Gasteiger partial charge in [-0.25, -0.2) is 0 Å². The van der Waals surface area contributed by atoms with E-state index in [0.717, 1.165) is 22.4 Å². The van der Waals surface area contributed by atoms with Crippen LogP contribution in [0.3, 0.4) is 0 Å². The van der Waals surface area contributed by atoms with Crippen molar-refractivity contribution in [2.45, 2.75) is 26.7 Å². The SMILES string of the molecule is Cc1cc(C(C)C#N)cc(C)c1N. The quantitative estimate of drug-likeness (QED) is 0.665. The molecule has 0 saturated carbocycles. The van der Waals surface area contributed by atoms with Crippen LogP contribution in [0.5, 0.6) is 0 Å². The third kappa shape index (κ3) is 1.81.